The van der Waals surface area contributed by atoms with E-state index in [1.54, 1.807) is 12.1 Å². The summed E-state index contributed by atoms with van der Waals surface area (Å²) in [7, 11) is -3.96. The number of carbonyl (C=O) groups excluding carboxylic acids is 1. The van der Waals surface area contributed by atoms with Crippen molar-refractivity contribution in [3.05, 3.63) is 65.2 Å². The van der Waals surface area contributed by atoms with E-state index in [2.05, 4.69) is 20.2 Å². The van der Waals surface area contributed by atoms with E-state index in [1.165, 1.54) is 6.42 Å². The van der Waals surface area contributed by atoms with E-state index in [0.29, 0.717) is 12.0 Å². The molecule has 5 rings (SSSR count). The van der Waals surface area contributed by atoms with E-state index in [0.717, 1.165) is 53.9 Å². The summed E-state index contributed by atoms with van der Waals surface area (Å²) in [5.74, 6) is 0.359. The number of anilines is 1. The standard InChI is InChI=1S/C24H26N4O4S2/c1-16-9-11-17(12-10-16)21(29)25-22-26-27-23(33-22)34(30,31)28-19-15-24(13-5-2-6-14-24)32-20-8-4-3-7-18(19)20/h3-4,7-12,19,28H,2,5-6,13-15H2,1H3,(H,25,26,29)/t19-/m1/s1. The number of rotatable bonds is 5. The van der Waals surface area contributed by atoms with Gasteiger partial charge in [-0.3, -0.25) is 10.1 Å². The highest BCUT2D eigenvalue weighted by Crippen LogP contribution is 2.46. The highest BCUT2D eigenvalue weighted by atomic mass is 32.2. The van der Waals surface area contributed by atoms with Crippen molar-refractivity contribution in [2.45, 2.75) is 61.4 Å². The quantitative estimate of drug-likeness (QED) is 0.497. The van der Waals surface area contributed by atoms with Crippen molar-refractivity contribution in [2.75, 3.05) is 5.32 Å². The molecule has 1 spiro atoms. The summed E-state index contributed by atoms with van der Waals surface area (Å²) in [6.45, 7) is 1.93. The van der Waals surface area contributed by atoms with Crippen LogP contribution in [0.5, 0.6) is 5.75 Å². The topological polar surface area (TPSA) is 110 Å². The number of nitrogens with one attached hydrogen (secondary N) is 2. The molecule has 2 aromatic carbocycles. The molecule has 1 fully saturated rings. The number of hydrogen-bond acceptors (Lipinski definition) is 7. The van der Waals surface area contributed by atoms with Crippen LogP contribution >= 0.6 is 11.3 Å². The molecule has 1 aromatic heterocycles. The maximum absolute atomic E-state index is 13.2. The smallest absolute Gasteiger partial charge is 0.270 e. The summed E-state index contributed by atoms with van der Waals surface area (Å²) in [5, 5.41) is 10.5. The van der Waals surface area contributed by atoms with Crippen molar-refractivity contribution < 1.29 is 17.9 Å². The Bertz CT molecular complexity index is 1300. The number of aryl methyl sites for hydroxylation is 1. The molecule has 2 heterocycles. The predicted octanol–water partition coefficient (Wildman–Crippen LogP) is 4.60. The predicted molar refractivity (Wildman–Crippen MR) is 130 cm³/mol. The Kier molecular flexibility index (Phi) is 6.13. The molecule has 0 radical (unpaired) electrons. The third kappa shape index (κ3) is 4.70. The Morgan fingerprint density at radius 1 is 1.06 bits per heavy atom. The largest absolute Gasteiger partial charge is 0.487 e. The molecule has 0 bridgehead atoms. The van der Waals surface area contributed by atoms with Gasteiger partial charge in [0.25, 0.3) is 15.9 Å². The van der Waals surface area contributed by atoms with E-state index in [9.17, 15) is 13.2 Å². The summed E-state index contributed by atoms with van der Waals surface area (Å²) >= 11 is 0.827. The molecule has 1 aliphatic heterocycles. The van der Waals surface area contributed by atoms with Crippen LogP contribution in [0.2, 0.25) is 0 Å². The summed E-state index contributed by atoms with van der Waals surface area (Å²) in [5.41, 5.74) is 1.96. The number of nitrogens with zero attached hydrogens (tertiary/aromatic N) is 2. The first-order chi connectivity index (χ1) is 16.3. The van der Waals surface area contributed by atoms with E-state index >= 15 is 0 Å². The molecule has 3 aromatic rings. The fourth-order valence-corrected chi connectivity index (χ4v) is 6.83. The summed E-state index contributed by atoms with van der Waals surface area (Å²) in [6.07, 6.45) is 5.70. The number of aromatic nitrogens is 2. The minimum atomic E-state index is -3.96. The van der Waals surface area contributed by atoms with Gasteiger partial charge >= 0.3 is 0 Å². The van der Waals surface area contributed by atoms with Gasteiger partial charge in [-0.05, 0) is 50.8 Å². The van der Waals surface area contributed by atoms with Crippen molar-refractivity contribution in [3.8, 4) is 5.75 Å². The molecule has 34 heavy (non-hydrogen) atoms. The Morgan fingerprint density at radius 2 is 1.79 bits per heavy atom. The third-order valence-corrected chi connectivity index (χ3v) is 9.11. The molecule has 1 atom stereocenters. The van der Waals surface area contributed by atoms with E-state index in [-0.39, 0.29) is 21.0 Å². The average Bonchev–Trinajstić information content (AvgIpc) is 3.29. The monoisotopic (exact) mass is 498 g/mol. The second-order valence-electron chi connectivity index (χ2n) is 8.95. The maximum Gasteiger partial charge on any atom is 0.270 e. The zero-order valence-corrected chi connectivity index (χ0v) is 20.4. The van der Waals surface area contributed by atoms with Gasteiger partial charge in [0, 0.05) is 17.5 Å². The number of benzene rings is 2. The molecule has 1 amide bonds. The van der Waals surface area contributed by atoms with Gasteiger partial charge in [-0.1, -0.05) is 53.7 Å². The summed E-state index contributed by atoms with van der Waals surface area (Å²) < 4.78 is 35.5. The Morgan fingerprint density at radius 3 is 2.56 bits per heavy atom. The molecule has 8 nitrogen and oxygen atoms in total. The Labute approximate surface area is 202 Å². The second kappa shape index (κ2) is 9.09. The maximum atomic E-state index is 13.2. The molecule has 10 heteroatoms. The van der Waals surface area contributed by atoms with Gasteiger partial charge in [0.2, 0.25) is 9.47 Å². The van der Waals surface area contributed by atoms with Crippen LogP contribution in [0.3, 0.4) is 0 Å². The number of sulfonamides is 1. The van der Waals surface area contributed by atoms with E-state index < -0.39 is 16.1 Å². The van der Waals surface area contributed by atoms with Crippen molar-refractivity contribution in [1.29, 1.82) is 0 Å². The van der Waals surface area contributed by atoms with Crippen molar-refractivity contribution in [2.24, 2.45) is 0 Å². The molecule has 178 valence electrons. The lowest BCUT2D eigenvalue weighted by atomic mass is 9.77. The van der Waals surface area contributed by atoms with Crippen molar-refractivity contribution >= 4 is 32.4 Å². The number of hydrogen-bond donors (Lipinski definition) is 2. The van der Waals surface area contributed by atoms with Crippen molar-refractivity contribution in [3.63, 3.8) is 0 Å². The number of para-hydroxylation sites is 1. The lowest BCUT2D eigenvalue weighted by molar-refractivity contribution is 0.0000716. The van der Waals surface area contributed by atoms with Gasteiger partial charge in [0.1, 0.15) is 11.4 Å². The van der Waals surface area contributed by atoms with Gasteiger partial charge < -0.3 is 4.74 Å². The van der Waals surface area contributed by atoms with Crippen LogP contribution in [0.1, 0.15) is 66.1 Å². The average molecular weight is 499 g/mol. The molecule has 2 N–H and O–H groups in total. The van der Waals surface area contributed by atoms with Gasteiger partial charge in [0.05, 0.1) is 6.04 Å². The molecule has 1 saturated carbocycles. The zero-order valence-electron chi connectivity index (χ0n) is 18.8. The number of carbonyl (C=O) groups is 1. The van der Waals surface area contributed by atoms with Gasteiger partial charge in [-0.25, -0.2) is 13.1 Å². The van der Waals surface area contributed by atoms with Gasteiger partial charge in [-0.2, -0.15) is 0 Å². The molecular weight excluding hydrogens is 472 g/mol. The Hall–Kier alpha value is -2.82. The highest BCUT2D eigenvalue weighted by molar-refractivity contribution is 7.91. The normalized spacial score (nSPS) is 19.3. The van der Waals surface area contributed by atoms with Crippen LogP contribution in [0, 0.1) is 6.92 Å². The van der Waals surface area contributed by atoms with Gasteiger partial charge in [0.15, 0.2) is 0 Å². The lowest BCUT2D eigenvalue weighted by Gasteiger charge is -2.44. The van der Waals surface area contributed by atoms with E-state index in [4.69, 9.17) is 4.74 Å². The SMILES string of the molecule is Cc1ccc(C(=O)Nc2nnc(S(=O)(=O)N[C@@H]3CC4(CCCCC4)Oc4ccccc43)s2)cc1. The fourth-order valence-electron chi connectivity index (χ4n) is 4.71. The minimum Gasteiger partial charge on any atom is -0.487 e. The van der Waals surface area contributed by atoms with Crippen molar-refractivity contribution in [1.82, 2.24) is 14.9 Å². The second-order valence-corrected chi connectivity index (χ2v) is 11.8. The first kappa shape index (κ1) is 22.9. The molecule has 1 aliphatic carbocycles. The molecule has 0 unspecified atom stereocenters. The highest BCUT2D eigenvalue weighted by Gasteiger charge is 2.43. The van der Waals surface area contributed by atoms with Crippen LogP contribution in [-0.2, 0) is 10.0 Å². The van der Waals surface area contributed by atoms with Crippen LogP contribution in [0.15, 0.2) is 52.9 Å². The molecule has 2 aliphatic rings. The number of fused-ring (bicyclic) bond motifs is 1. The van der Waals surface area contributed by atoms with Gasteiger partial charge in [-0.15, -0.1) is 10.2 Å². The lowest BCUT2D eigenvalue weighted by Crippen LogP contribution is -2.46. The summed E-state index contributed by atoms with van der Waals surface area (Å²) in [6, 6.07) is 14.2. The fraction of sp³-hybridized carbons (Fsp3) is 0.375. The van der Waals surface area contributed by atoms with Crippen LogP contribution in [0.25, 0.3) is 0 Å². The first-order valence-corrected chi connectivity index (χ1v) is 13.7. The van der Waals surface area contributed by atoms with Crippen LogP contribution in [0.4, 0.5) is 5.13 Å². The third-order valence-electron chi connectivity index (χ3n) is 6.43. The minimum absolute atomic E-state index is 0.127. The zero-order chi connectivity index (χ0) is 23.8. The Balaban J connectivity index is 1.35. The molecule has 0 saturated heterocycles. The number of amides is 1. The first-order valence-electron chi connectivity index (χ1n) is 11.4. The summed E-state index contributed by atoms with van der Waals surface area (Å²) in [4.78, 5) is 12.5. The number of ether oxygens (including phenoxy) is 1. The molecular formula is C24H26N4O4S2. The van der Waals surface area contributed by atoms with Crippen LogP contribution in [-0.4, -0.2) is 30.1 Å². The van der Waals surface area contributed by atoms with E-state index in [1.807, 2.05) is 43.3 Å². The van der Waals surface area contributed by atoms with Crippen LogP contribution < -0.4 is 14.8 Å².